The van der Waals surface area contributed by atoms with Crippen molar-refractivity contribution in [3.8, 4) is 0 Å². The van der Waals surface area contributed by atoms with Gasteiger partial charge in [-0.25, -0.2) is 0 Å². The quantitative estimate of drug-likeness (QED) is 0.346. The molecule has 0 aromatic carbocycles. The van der Waals surface area contributed by atoms with Gasteiger partial charge in [0.15, 0.2) is 0 Å². The summed E-state index contributed by atoms with van der Waals surface area (Å²) in [4.78, 5) is 10.6. The molecule has 0 radical (unpaired) electrons. The molecule has 124 valence electrons. The molecule has 0 fully saturated rings. The maximum absolute atomic E-state index is 10.6. The maximum atomic E-state index is 10.6. The van der Waals surface area contributed by atoms with E-state index >= 15 is 0 Å². The Morgan fingerprint density at radius 2 is 1.38 bits per heavy atom. The van der Waals surface area contributed by atoms with Gasteiger partial charge in [-0.3, -0.25) is 4.79 Å². The molecule has 0 rings (SSSR count). The van der Waals surface area contributed by atoms with E-state index in [9.17, 15) is 9.90 Å². The van der Waals surface area contributed by atoms with Crippen molar-refractivity contribution in [2.45, 2.75) is 96.5 Å². The summed E-state index contributed by atoms with van der Waals surface area (Å²) in [7, 11) is 0. The van der Waals surface area contributed by atoms with Crippen LogP contribution in [0, 0.1) is 0 Å². The van der Waals surface area contributed by atoms with Crippen molar-refractivity contribution in [3.63, 3.8) is 0 Å². The van der Waals surface area contributed by atoms with Gasteiger partial charge in [0, 0.05) is 0 Å². The monoisotopic (exact) mass is 297 g/mol. The Balaban J connectivity index is 3.17. The summed E-state index contributed by atoms with van der Waals surface area (Å²) in [5, 5.41) is 9.23. The van der Waals surface area contributed by atoms with E-state index < -0.39 is 12.0 Å². The topological polar surface area (TPSA) is 63.3 Å². The summed E-state index contributed by atoms with van der Waals surface area (Å²) >= 11 is 0. The molecule has 3 heteroatoms. The molecule has 1 amide bonds. The van der Waals surface area contributed by atoms with E-state index in [0.717, 1.165) is 25.7 Å². The smallest absolute Gasteiger partial charge is 0.246 e. The number of aliphatic hydroxyl groups is 1. The van der Waals surface area contributed by atoms with Crippen molar-refractivity contribution >= 4 is 5.91 Å². The zero-order valence-electron chi connectivity index (χ0n) is 13.9. The van der Waals surface area contributed by atoms with Gasteiger partial charge in [0.1, 0.15) is 6.10 Å². The molecule has 0 heterocycles. The molecular formula is C18H35NO2. The number of nitrogens with two attached hydrogens (primary N) is 1. The van der Waals surface area contributed by atoms with Crippen LogP contribution in [0.1, 0.15) is 90.4 Å². The molecule has 0 aromatic rings. The van der Waals surface area contributed by atoms with E-state index in [4.69, 9.17) is 5.73 Å². The molecule has 0 spiro atoms. The molecule has 0 aromatic heterocycles. The van der Waals surface area contributed by atoms with E-state index in [0.29, 0.717) is 6.42 Å². The molecule has 0 saturated carbocycles. The second-order valence-electron chi connectivity index (χ2n) is 5.94. The first-order valence-electron chi connectivity index (χ1n) is 8.80. The standard InChI is InChI=1S/C18H35NO2/c1-2-3-4-5-6-7-8-9-10-11-12-13-14-15-16-17(20)18(19)21/h9-10,17,20H,2-8,11-16H2,1H3,(H2,19,21)/b10-9-. The lowest BCUT2D eigenvalue weighted by Crippen LogP contribution is -2.27. The highest BCUT2D eigenvalue weighted by Crippen LogP contribution is 2.09. The molecule has 1 atom stereocenters. The lowest BCUT2D eigenvalue weighted by molar-refractivity contribution is -0.126. The van der Waals surface area contributed by atoms with Crippen LogP contribution in [-0.2, 0) is 4.79 Å². The number of hydrogen-bond acceptors (Lipinski definition) is 2. The minimum Gasteiger partial charge on any atom is -0.383 e. The second kappa shape index (κ2) is 15.6. The van der Waals surface area contributed by atoms with Crippen LogP contribution in [0.5, 0.6) is 0 Å². The average Bonchev–Trinajstić information content (AvgIpc) is 2.47. The Bertz CT molecular complexity index is 264. The van der Waals surface area contributed by atoms with Gasteiger partial charge in [-0.15, -0.1) is 0 Å². The first-order chi connectivity index (χ1) is 10.2. The number of primary amides is 1. The number of allylic oxidation sites excluding steroid dienone is 2. The van der Waals surface area contributed by atoms with Gasteiger partial charge in [0.05, 0.1) is 0 Å². The number of unbranched alkanes of at least 4 members (excludes halogenated alkanes) is 10. The van der Waals surface area contributed by atoms with E-state index in [1.165, 1.54) is 51.4 Å². The van der Waals surface area contributed by atoms with Crippen LogP contribution >= 0.6 is 0 Å². The fraction of sp³-hybridized carbons (Fsp3) is 0.833. The number of carbonyl (C=O) groups is 1. The van der Waals surface area contributed by atoms with Gasteiger partial charge in [0.2, 0.25) is 5.91 Å². The van der Waals surface area contributed by atoms with Gasteiger partial charge < -0.3 is 10.8 Å². The molecule has 0 bridgehead atoms. The highest BCUT2D eigenvalue weighted by molar-refractivity contribution is 5.78. The molecule has 0 aliphatic rings. The molecule has 0 aliphatic heterocycles. The SMILES string of the molecule is CCCCCCCC/C=C\CCCCCCC(O)C(N)=O. The van der Waals surface area contributed by atoms with Gasteiger partial charge >= 0.3 is 0 Å². The van der Waals surface area contributed by atoms with Crippen LogP contribution in [0.15, 0.2) is 12.2 Å². The zero-order chi connectivity index (χ0) is 15.8. The molecule has 21 heavy (non-hydrogen) atoms. The third kappa shape index (κ3) is 15.4. The predicted molar refractivity (Wildman–Crippen MR) is 90.0 cm³/mol. The van der Waals surface area contributed by atoms with Crippen LogP contribution in [0.3, 0.4) is 0 Å². The van der Waals surface area contributed by atoms with Crippen LogP contribution in [0.25, 0.3) is 0 Å². The fourth-order valence-corrected chi connectivity index (χ4v) is 2.37. The fourth-order valence-electron chi connectivity index (χ4n) is 2.37. The predicted octanol–water partition coefficient (Wildman–Crippen LogP) is 4.48. The molecule has 1 unspecified atom stereocenters. The number of carbonyl (C=O) groups excluding carboxylic acids is 1. The molecule has 3 N–H and O–H groups in total. The Morgan fingerprint density at radius 3 is 1.90 bits per heavy atom. The molecule has 0 saturated heterocycles. The van der Waals surface area contributed by atoms with Crippen molar-refractivity contribution in [1.29, 1.82) is 0 Å². The summed E-state index contributed by atoms with van der Waals surface area (Å²) in [5.41, 5.74) is 4.99. The Morgan fingerprint density at radius 1 is 0.905 bits per heavy atom. The average molecular weight is 297 g/mol. The van der Waals surface area contributed by atoms with Gasteiger partial charge in [-0.05, 0) is 32.1 Å². The number of rotatable bonds is 15. The van der Waals surface area contributed by atoms with Crippen LogP contribution in [0.4, 0.5) is 0 Å². The summed E-state index contributed by atoms with van der Waals surface area (Å²) in [6.07, 6.45) is 19.0. The van der Waals surface area contributed by atoms with E-state index in [1.54, 1.807) is 0 Å². The first-order valence-corrected chi connectivity index (χ1v) is 8.80. The van der Waals surface area contributed by atoms with Crippen molar-refractivity contribution in [1.82, 2.24) is 0 Å². The number of amides is 1. The van der Waals surface area contributed by atoms with Crippen molar-refractivity contribution in [2.24, 2.45) is 5.73 Å². The molecular weight excluding hydrogens is 262 g/mol. The Labute approximate surface area is 131 Å². The minimum atomic E-state index is -0.956. The third-order valence-electron chi connectivity index (χ3n) is 3.82. The van der Waals surface area contributed by atoms with Gasteiger partial charge in [-0.1, -0.05) is 70.4 Å². The van der Waals surface area contributed by atoms with E-state index in [-0.39, 0.29) is 0 Å². The van der Waals surface area contributed by atoms with E-state index in [1.807, 2.05) is 0 Å². The summed E-state index contributed by atoms with van der Waals surface area (Å²) in [6, 6.07) is 0. The van der Waals surface area contributed by atoms with Gasteiger partial charge in [0.25, 0.3) is 0 Å². The minimum absolute atomic E-state index is 0.503. The highest BCUT2D eigenvalue weighted by Gasteiger charge is 2.08. The van der Waals surface area contributed by atoms with Crippen molar-refractivity contribution < 1.29 is 9.90 Å². The number of hydrogen-bond donors (Lipinski definition) is 2. The third-order valence-corrected chi connectivity index (χ3v) is 3.82. The normalized spacial score (nSPS) is 12.9. The van der Waals surface area contributed by atoms with Crippen molar-refractivity contribution in [3.05, 3.63) is 12.2 Å². The zero-order valence-corrected chi connectivity index (χ0v) is 13.9. The highest BCUT2D eigenvalue weighted by atomic mass is 16.3. The van der Waals surface area contributed by atoms with Gasteiger partial charge in [-0.2, -0.15) is 0 Å². The first kappa shape index (κ1) is 20.2. The summed E-state index contributed by atoms with van der Waals surface area (Å²) < 4.78 is 0. The lowest BCUT2D eigenvalue weighted by atomic mass is 10.1. The van der Waals surface area contributed by atoms with Crippen LogP contribution in [-0.4, -0.2) is 17.1 Å². The molecule has 3 nitrogen and oxygen atoms in total. The van der Waals surface area contributed by atoms with Crippen LogP contribution in [0.2, 0.25) is 0 Å². The lowest BCUT2D eigenvalue weighted by Gasteiger charge is -2.05. The van der Waals surface area contributed by atoms with E-state index in [2.05, 4.69) is 19.1 Å². The molecule has 0 aliphatic carbocycles. The Kier molecular flexibility index (Phi) is 14.9. The summed E-state index contributed by atoms with van der Waals surface area (Å²) in [6.45, 7) is 2.25. The maximum Gasteiger partial charge on any atom is 0.246 e. The number of aliphatic hydroxyl groups excluding tert-OH is 1. The second-order valence-corrected chi connectivity index (χ2v) is 5.94. The summed E-state index contributed by atoms with van der Waals surface area (Å²) in [5.74, 6) is -0.604. The Hall–Kier alpha value is -0.830. The largest absolute Gasteiger partial charge is 0.383 e. The van der Waals surface area contributed by atoms with Crippen LogP contribution < -0.4 is 5.73 Å². The van der Waals surface area contributed by atoms with Crippen molar-refractivity contribution in [2.75, 3.05) is 0 Å².